The van der Waals surface area contributed by atoms with Crippen molar-refractivity contribution in [3.63, 3.8) is 0 Å². The molecule has 1 saturated heterocycles. The summed E-state index contributed by atoms with van der Waals surface area (Å²) < 4.78 is 7.16. The highest BCUT2D eigenvalue weighted by atomic mass is 16.6. The lowest BCUT2D eigenvalue weighted by molar-refractivity contribution is 0.0923. The number of carbonyl (C=O) groups excluding carboxylic acids is 1. The normalized spacial score (nSPS) is 17.0. The number of para-hydroxylation sites is 1. The summed E-state index contributed by atoms with van der Waals surface area (Å²) >= 11 is 0. The standard InChI is InChI=1S/C19H28N6O2/c1-15(2)14-27-19(26)24-11-7-10-23(12-13-24)16(3)18-20-21-22-25(18)17-8-5-4-6-9-17/h4-6,8-9,15-16H,7,10-14H2,1-3H3. The third kappa shape index (κ3) is 4.82. The molecule has 0 radical (unpaired) electrons. The van der Waals surface area contributed by atoms with Crippen LogP contribution < -0.4 is 0 Å². The second-order valence-corrected chi connectivity index (χ2v) is 7.31. The second-order valence-electron chi connectivity index (χ2n) is 7.31. The molecule has 1 aliphatic rings. The predicted molar refractivity (Wildman–Crippen MR) is 102 cm³/mol. The summed E-state index contributed by atoms with van der Waals surface area (Å²) in [6, 6.07) is 9.93. The molecule has 1 atom stereocenters. The number of amides is 1. The van der Waals surface area contributed by atoms with Crippen LogP contribution in [0.3, 0.4) is 0 Å². The van der Waals surface area contributed by atoms with E-state index in [1.807, 2.05) is 44.2 Å². The minimum Gasteiger partial charge on any atom is -0.449 e. The third-order valence-corrected chi connectivity index (χ3v) is 4.74. The average molecular weight is 372 g/mol. The van der Waals surface area contributed by atoms with Gasteiger partial charge in [-0.3, -0.25) is 4.90 Å². The van der Waals surface area contributed by atoms with Crippen LogP contribution in [0.4, 0.5) is 4.79 Å². The number of ether oxygens (including phenoxy) is 1. The first-order valence-electron chi connectivity index (χ1n) is 9.55. The summed E-state index contributed by atoms with van der Waals surface area (Å²) in [6.07, 6.45) is 0.681. The topological polar surface area (TPSA) is 76.4 Å². The molecule has 0 saturated carbocycles. The summed E-state index contributed by atoms with van der Waals surface area (Å²) in [4.78, 5) is 16.4. The molecule has 3 rings (SSSR count). The molecular formula is C19H28N6O2. The van der Waals surface area contributed by atoms with Gasteiger partial charge in [-0.15, -0.1) is 5.10 Å². The molecule has 1 fully saturated rings. The Hall–Kier alpha value is -2.48. The highest BCUT2D eigenvalue weighted by Gasteiger charge is 2.26. The van der Waals surface area contributed by atoms with Gasteiger partial charge >= 0.3 is 6.09 Å². The highest BCUT2D eigenvalue weighted by molar-refractivity contribution is 5.67. The van der Waals surface area contributed by atoms with Crippen LogP contribution in [0, 0.1) is 5.92 Å². The maximum absolute atomic E-state index is 12.2. The molecule has 8 nitrogen and oxygen atoms in total. The van der Waals surface area contributed by atoms with Gasteiger partial charge in [-0.25, -0.2) is 4.79 Å². The number of tetrazole rings is 1. The van der Waals surface area contributed by atoms with E-state index in [9.17, 15) is 4.79 Å². The van der Waals surface area contributed by atoms with Gasteiger partial charge in [-0.05, 0) is 41.8 Å². The summed E-state index contributed by atoms with van der Waals surface area (Å²) in [5.74, 6) is 1.14. The number of benzene rings is 1. The van der Waals surface area contributed by atoms with Gasteiger partial charge in [0.1, 0.15) is 0 Å². The average Bonchev–Trinajstić information content (AvgIpc) is 3.03. The Bertz CT molecular complexity index is 733. The molecule has 0 spiro atoms. The van der Waals surface area contributed by atoms with Gasteiger partial charge in [-0.1, -0.05) is 32.0 Å². The molecule has 27 heavy (non-hydrogen) atoms. The van der Waals surface area contributed by atoms with Crippen molar-refractivity contribution in [2.24, 2.45) is 5.92 Å². The lowest BCUT2D eigenvalue weighted by Gasteiger charge is -2.26. The van der Waals surface area contributed by atoms with Crippen molar-refractivity contribution in [2.75, 3.05) is 32.8 Å². The van der Waals surface area contributed by atoms with E-state index in [0.29, 0.717) is 25.6 Å². The molecule has 0 aliphatic carbocycles. The van der Waals surface area contributed by atoms with E-state index < -0.39 is 0 Å². The maximum atomic E-state index is 12.2. The molecule has 1 unspecified atom stereocenters. The minimum absolute atomic E-state index is 0.0480. The van der Waals surface area contributed by atoms with Crippen molar-refractivity contribution in [1.82, 2.24) is 30.0 Å². The van der Waals surface area contributed by atoms with Crippen molar-refractivity contribution in [3.05, 3.63) is 36.2 Å². The molecule has 0 bridgehead atoms. The van der Waals surface area contributed by atoms with Crippen molar-refractivity contribution in [3.8, 4) is 5.69 Å². The maximum Gasteiger partial charge on any atom is 0.409 e. The van der Waals surface area contributed by atoms with Gasteiger partial charge in [0.15, 0.2) is 5.82 Å². The van der Waals surface area contributed by atoms with Crippen molar-refractivity contribution in [1.29, 1.82) is 0 Å². The van der Waals surface area contributed by atoms with Crippen LogP contribution >= 0.6 is 0 Å². The van der Waals surface area contributed by atoms with Crippen LogP contribution in [0.15, 0.2) is 30.3 Å². The van der Waals surface area contributed by atoms with Crippen molar-refractivity contribution >= 4 is 6.09 Å². The van der Waals surface area contributed by atoms with Crippen LogP contribution in [-0.2, 0) is 4.74 Å². The monoisotopic (exact) mass is 372 g/mol. The van der Waals surface area contributed by atoms with Gasteiger partial charge in [0.2, 0.25) is 0 Å². The third-order valence-electron chi connectivity index (χ3n) is 4.74. The molecular weight excluding hydrogens is 344 g/mol. The van der Waals surface area contributed by atoms with Gasteiger partial charge < -0.3 is 9.64 Å². The van der Waals surface area contributed by atoms with Gasteiger partial charge in [0.05, 0.1) is 18.3 Å². The van der Waals surface area contributed by atoms with Crippen LogP contribution in [0.5, 0.6) is 0 Å². The zero-order chi connectivity index (χ0) is 19.2. The quantitative estimate of drug-likeness (QED) is 0.803. The first-order chi connectivity index (χ1) is 13.1. The van der Waals surface area contributed by atoms with Crippen LogP contribution in [-0.4, -0.2) is 68.9 Å². The van der Waals surface area contributed by atoms with Crippen molar-refractivity contribution < 1.29 is 9.53 Å². The lowest BCUT2D eigenvalue weighted by Crippen LogP contribution is -2.37. The fourth-order valence-corrected chi connectivity index (χ4v) is 3.21. The number of nitrogens with zero attached hydrogens (tertiary/aromatic N) is 6. The first-order valence-corrected chi connectivity index (χ1v) is 9.55. The molecule has 1 amide bonds. The van der Waals surface area contributed by atoms with E-state index in [1.54, 1.807) is 9.58 Å². The SMILES string of the molecule is CC(C)COC(=O)N1CCCN(C(C)c2nnnn2-c2ccccc2)CC1. The fourth-order valence-electron chi connectivity index (χ4n) is 3.21. The molecule has 1 aliphatic heterocycles. The predicted octanol–water partition coefficient (Wildman–Crippen LogP) is 2.52. The molecule has 146 valence electrons. The number of rotatable bonds is 5. The summed E-state index contributed by atoms with van der Waals surface area (Å²) in [5, 5.41) is 12.3. The van der Waals surface area contributed by atoms with E-state index in [2.05, 4.69) is 27.3 Å². The Labute approximate surface area is 160 Å². The van der Waals surface area contributed by atoms with Gasteiger partial charge in [0.25, 0.3) is 0 Å². The van der Waals surface area contributed by atoms with Gasteiger partial charge in [-0.2, -0.15) is 4.68 Å². The molecule has 1 aromatic carbocycles. The zero-order valence-corrected chi connectivity index (χ0v) is 16.3. The molecule has 2 aromatic rings. The molecule has 1 aromatic heterocycles. The van der Waals surface area contributed by atoms with Gasteiger partial charge in [0, 0.05) is 26.2 Å². The van der Waals surface area contributed by atoms with E-state index in [0.717, 1.165) is 31.0 Å². The van der Waals surface area contributed by atoms with Crippen LogP contribution in [0.25, 0.3) is 5.69 Å². The van der Waals surface area contributed by atoms with Crippen LogP contribution in [0.2, 0.25) is 0 Å². The van der Waals surface area contributed by atoms with E-state index >= 15 is 0 Å². The number of hydrogen-bond donors (Lipinski definition) is 0. The molecule has 8 heteroatoms. The fraction of sp³-hybridized carbons (Fsp3) is 0.579. The minimum atomic E-state index is -0.215. The Morgan fingerprint density at radius 2 is 1.89 bits per heavy atom. The Morgan fingerprint density at radius 1 is 1.11 bits per heavy atom. The summed E-state index contributed by atoms with van der Waals surface area (Å²) in [5.41, 5.74) is 0.943. The number of carbonyl (C=O) groups is 1. The summed E-state index contributed by atoms with van der Waals surface area (Å²) in [7, 11) is 0. The Kier molecular flexibility index (Phi) is 6.39. The first kappa shape index (κ1) is 19.3. The summed E-state index contributed by atoms with van der Waals surface area (Å²) in [6.45, 7) is 9.65. The van der Waals surface area contributed by atoms with E-state index in [-0.39, 0.29) is 12.1 Å². The molecule has 2 heterocycles. The molecule has 0 N–H and O–H groups in total. The number of hydrogen-bond acceptors (Lipinski definition) is 6. The lowest BCUT2D eigenvalue weighted by atomic mass is 10.2. The second kappa shape index (κ2) is 8.94. The number of aromatic nitrogens is 4. The zero-order valence-electron chi connectivity index (χ0n) is 16.3. The smallest absolute Gasteiger partial charge is 0.409 e. The van der Waals surface area contributed by atoms with Crippen molar-refractivity contribution in [2.45, 2.75) is 33.2 Å². The van der Waals surface area contributed by atoms with E-state index in [4.69, 9.17) is 4.74 Å². The van der Waals surface area contributed by atoms with Crippen LogP contribution in [0.1, 0.15) is 39.1 Å². The Morgan fingerprint density at radius 3 is 2.63 bits per heavy atom. The Balaban J connectivity index is 1.65. The van der Waals surface area contributed by atoms with E-state index in [1.165, 1.54) is 0 Å². The highest BCUT2D eigenvalue weighted by Crippen LogP contribution is 2.21. The largest absolute Gasteiger partial charge is 0.449 e.